The quantitative estimate of drug-likeness (QED) is 0.444. The van der Waals surface area contributed by atoms with Crippen LogP contribution < -0.4 is 0 Å². The number of allylic oxidation sites excluding steroid dienone is 2. The number of fused-ring (bicyclic) bond motifs is 2. The van der Waals surface area contributed by atoms with Gasteiger partial charge in [-0.3, -0.25) is 4.79 Å². The molecule has 2 fully saturated rings. The molecule has 1 unspecified atom stereocenters. The average molecular weight is 475 g/mol. The Bertz CT molecular complexity index is 585. The Morgan fingerprint density at radius 3 is 2.77 bits per heavy atom. The molecule has 0 radical (unpaired) electrons. The highest BCUT2D eigenvalue weighted by Crippen LogP contribution is 2.50. The van der Waals surface area contributed by atoms with Gasteiger partial charge in [0.25, 0.3) is 0 Å². The lowest BCUT2D eigenvalue weighted by atomic mass is 9.72. The van der Waals surface area contributed by atoms with Crippen molar-refractivity contribution in [2.45, 2.75) is 52.1 Å². The predicted octanol–water partition coefficient (Wildman–Crippen LogP) is 4.03. The van der Waals surface area contributed by atoms with Crippen LogP contribution in [0.4, 0.5) is 0 Å². The summed E-state index contributed by atoms with van der Waals surface area (Å²) >= 11 is 1.96. The molecule has 0 aromatic heterocycles. The topological polar surface area (TPSA) is 48.0 Å². The maximum absolute atomic E-state index is 11.9. The first-order chi connectivity index (χ1) is 12.3. The maximum atomic E-state index is 11.9. The minimum Gasteiger partial charge on any atom is -0.493 e. The van der Waals surface area contributed by atoms with Gasteiger partial charge in [-0.25, -0.2) is 0 Å². The molecule has 146 valence electrons. The van der Waals surface area contributed by atoms with E-state index in [0.717, 1.165) is 57.9 Å². The van der Waals surface area contributed by atoms with Crippen molar-refractivity contribution in [1.29, 1.82) is 0 Å². The molecule has 1 atom stereocenters. The minimum absolute atomic E-state index is 0.106. The summed E-state index contributed by atoms with van der Waals surface area (Å²) in [5.74, 6) is 1.40. The average Bonchev–Trinajstić information content (AvgIpc) is 2.91. The Morgan fingerprint density at radius 2 is 2.12 bits per heavy atom. The lowest BCUT2D eigenvalue weighted by Crippen LogP contribution is -2.42. The van der Waals surface area contributed by atoms with Crippen molar-refractivity contribution < 1.29 is 17.3 Å². The van der Waals surface area contributed by atoms with E-state index in [4.69, 9.17) is 12.5 Å². The molecule has 0 aromatic rings. The SMILES string of the molecule is CC(C)(C)OC(=O)CCN1CCC2(CC1)COC1=CC(COI)CC=C12. The third-order valence-electron chi connectivity index (χ3n) is 5.49. The molecule has 0 bridgehead atoms. The molecular formula is C20H30INO4. The van der Waals surface area contributed by atoms with Crippen molar-refractivity contribution in [1.82, 2.24) is 4.90 Å². The number of ether oxygens (including phenoxy) is 2. The summed E-state index contributed by atoms with van der Waals surface area (Å²) in [6.07, 6.45) is 8.31. The van der Waals surface area contributed by atoms with Crippen molar-refractivity contribution in [2.75, 3.05) is 32.8 Å². The van der Waals surface area contributed by atoms with E-state index in [0.29, 0.717) is 12.3 Å². The second-order valence-corrected chi connectivity index (χ2v) is 9.29. The van der Waals surface area contributed by atoms with E-state index in [-0.39, 0.29) is 11.4 Å². The van der Waals surface area contributed by atoms with Crippen molar-refractivity contribution in [3.63, 3.8) is 0 Å². The summed E-state index contributed by atoms with van der Waals surface area (Å²) in [4.78, 5) is 14.3. The first-order valence-electron chi connectivity index (χ1n) is 9.55. The van der Waals surface area contributed by atoms with Crippen molar-refractivity contribution in [2.24, 2.45) is 11.3 Å². The van der Waals surface area contributed by atoms with Crippen molar-refractivity contribution in [3.05, 3.63) is 23.5 Å². The summed E-state index contributed by atoms with van der Waals surface area (Å²) in [6.45, 7) is 10.1. The van der Waals surface area contributed by atoms with E-state index in [1.165, 1.54) is 5.57 Å². The molecule has 6 heteroatoms. The summed E-state index contributed by atoms with van der Waals surface area (Å²) in [7, 11) is 0. The molecule has 1 spiro atoms. The third-order valence-corrected chi connectivity index (χ3v) is 5.85. The number of nitrogens with zero attached hydrogens (tertiary/aromatic N) is 1. The molecule has 2 saturated heterocycles. The molecule has 2 heterocycles. The van der Waals surface area contributed by atoms with Gasteiger partial charge in [-0.2, -0.15) is 0 Å². The van der Waals surface area contributed by atoms with Crippen molar-refractivity contribution in [3.8, 4) is 0 Å². The van der Waals surface area contributed by atoms with Crippen molar-refractivity contribution >= 4 is 29.0 Å². The first-order valence-corrected chi connectivity index (χ1v) is 10.4. The zero-order valence-corrected chi connectivity index (χ0v) is 18.2. The first kappa shape index (κ1) is 20.1. The summed E-state index contributed by atoms with van der Waals surface area (Å²) in [5, 5.41) is 0. The monoisotopic (exact) mass is 475 g/mol. The Morgan fingerprint density at radius 1 is 1.38 bits per heavy atom. The predicted molar refractivity (Wildman–Crippen MR) is 109 cm³/mol. The van der Waals surface area contributed by atoms with Gasteiger partial charge in [0.05, 0.1) is 19.6 Å². The Hall–Kier alpha value is -0.600. The van der Waals surface area contributed by atoms with Gasteiger partial charge >= 0.3 is 5.97 Å². The molecule has 0 amide bonds. The van der Waals surface area contributed by atoms with E-state index in [2.05, 4.69) is 17.1 Å². The van der Waals surface area contributed by atoms with Crippen LogP contribution >= 0.6 is 23.0 Å². The summed E-state index contributed by atoms with van der Waals surface area (Å²) in [6, 6.07) is 0. The van der Waals surface area contributed by atoms with Gasteiger partial charge < -0.3 is 17.4 Å². The van der Waals surface area contributed by atoms with Gasteiger partial charge in [-0.15, -0.1) is 0 Å². The van der Waals surface area contributed by atoms with Crippen LogP contribution in [0.1, 0.15) is 46.5 Å². The van der Waals surface area contributed by atoms with E-state index in [1.807, 2.05) is 43.8 Å². The van der Waals surface area contributed by atoms with Crippen LogP contribution in [0.25, 0.3) is 0 Å². The normalized spacial score (nSPS) is 25.3. The molecule has 3 rings (SSSR count). The number of hydrogen-bond acceptors (Lipinski definition) is 5. The molecule has 1 aliphatic carbocycles. The molecule has 3 aliphatic rings. The zero-order valence-electron chi connectivity index (χ0n) is 16.1. The Labute approximate surface area is 170 Å². The maximum Gasteiger partial charge on any atom is 0.307 e. The number of hydrogen-bond donors (Lipinski definition) is 0. The second-order valence-electron chi connectivity index (χ2n) is 8.67. The standard InChI is InChI=1S/C20H30INO4/c1-19(2,3)26-18(23)6-9-22-10-7-20(8-11-22)14-24-17-12-15(13-25-21)4-5-16(17)20/h5,12,15H,4,6-11,13-14H2,1-3H3. The molecule has 0 N–H and O–H groups in total. The number of piperidine rings is 1. The highest BCUT2D eigenvalue weighted by Gasteiger charge is 2.46. The summed E-state index contributed by atoms with van der Waals surface area (Å²) in [5.41, 5.74) is 1.18. The van der Waals surface area contributed by atoms with Gasteiger partial charge in [0.1, 0.15) is 34.4 Å². The minimum atomic E-state index is -0.402. The highest BCUT2D eigenvalue weighted by atomic mass is 127. The van der Waals surface area contributed by atoms with Gasteiger partial charge in [0, 0.05) is 17.9 Å². The van der Waals surface area contributed by atoms with Crippen LogP contribution in [0.3, 0.4) is 0 Å². The van der Waals surface area contributed by atoms with Gasteiger partial charge in [0.2, 0.25) is 0 Å². The number of rotatable bonds is 5. The van der Waals surface area contributed by atoms with Crippen LogP contribution in [0.5, 0.6) is 0 Å². The second kappa shape index (κ2) is 8.19. The van der Waals surface area contributed by atoms with Crippen LogP contribution in [-0.4, -0.2) is 49.3 Å². The zero-order chi connectivity index (χ0) is 18.8. The van der Waals surface area contributed by atoms with E-state index < -0.39 is 5.60 Å². The van der Waals surface area contributed by atoms with Gasteiger partial charge in [-0.1, -0.05) is 6.08 Å². The van der Waals surface area contributed by atoms with E-state index >= 15 is 0 Å². The lowest BCUT2D eigenvalue weighted by Gasteiger charge is -2.39. The molecular weight excluding hydrogens is 445 g/mol. The smallest absolute Gasteiger partial charge is 0.307 e. The lowest BCUT2D eigenvalue weighted by molar-refractivity contribution is -0.155. The Balaban J connectivity index is 1.50. The van der Waals surface area contributed by atoms with Gasteiger partial charge in [0.15, 0.2) is 0 Å². The molecule has 2 aliphatic heterocycles. The van der Waals surface area contributed by atoms with Gasteiger partial charge in [-0.05, 0) is 64.8 Å². The number of likely N-dealkylation sites (tertiary alicyclic amines) is 1. The fraction of sp³-hybridized carbons (Fsp3) is 0.750. The van der Waals surface area contributed by atoms with Crippen LogP contribution in [0, 0.1) is 11.3 Å². The van der Waals surface area contributed by atoms with Crippen LogP contribution in [0.15, 0.2) is 23.5 Å². The highest BCUT2D eigenvalue weighted by molar-refractivity contribution is 14.1. The van der Waals surface area contributed by atoms with E-state index in [9.17, 15) is 4.79 Å². The number of carbonyl (C=O) groups excluding carboxylic acids is 1. The molecule has 0 aromatic carbocycles. The Kier molecular flexibility index (Phi) is 6.34. The summed E-state index contributed by atoms with van der Waals surface area (Å²) < 4.78 is 16.7. The number of carbonyl (C=O) groups is 1. The fourth-order valence-electron chi connectivity index (χ4n) is 4.10. The number of esters is 1. The van der Waals surface area contributed by atoms with E-state index in [1.54, 1.807) is 0 Å². The largest absolute Gasteiger partial charge is 0.493 e. The third kappa shape index (κ3) is 4.81. The number of halogens is 1. The molecule has 0 saturated carbocycles. The molecule has 5 nitrogen and oxygen atoms in total. The molecule has 26 heavy (non-hydrogen) atoms. The fourth-order valence-corrected chi connectivity index (χ4v) is 4.56. The van der Waals surface area contributed by atoms with Crippen LogP contribution in [0.2, 0.25) is 0 Å². The van der Waals surface area contributed by atoms with Crippen LogP contribution in [-0.2, 0) is 17.3 Å².